The third kappa shape index (κ3) is 4.20. The van der Waals surface area contributed by atoms with Crippen LogP contribution >= 0.6 is 0 Å². The molecule has 4 nitrogen and oxygen atoms in total. The van der Waals surface area contributed by atoms with Crippen LogP contribution in [0.5, 0.6) is 0 Å². The molecule has 1 atom stereocenters. The van der Waals surface area contributed by atoms with Gasteiger partial charge in [-0.05, 0) is 18.1 Å². The first-order valence-corrected chi connectivity index (χ1v) is 5.26. The average Bonchev–Trinajstić information content (AvgIpc) is 2.34. The molecule has 0 spiro atoms. The molecule has 1 aromatic rings. The van der Waals surface area contributed by atoms with Gasteiger partial charge in [-0.3, -0.25) is 9.59 Å². The van der Waals surface area contributed by atoms with Crippen LogP contribution in [0.25, 0.3) is 6.08 Å². The second-order valence-electron chi connectivity index (χ2n) is 3.55. The first-order chi connectivity index (χ1) is 8.15. The molecule has 0 heterocycles. The summed E-state index contributed by atoms with van der Waals surface area (Å²) in [5, 5.41) is 17.5. The van der Waals surface area contributed by atoms with E-state index in [-0.39, 0.29) is 13.0 Å². The predicted molar refractivity (Wildman–Crippen MR) is 63.3 cm³/mol. The number of aliphatic hydroxyl groups excluding tert-OH is 1. The van der Waals surface area contributed by atoms with Crippen molar-refractivity contribution in [1.29, 1.82) is 0 Å². The molecule has 0 fully saturated rings. The Bertz CT molecular complexity index is 409. The maximum absolute atomic E-state index is 11.6. The van der Waals surface area contributed by atoms with E-state index in [9.17, 15) is 9.59 Å². The Balaban J connectivity index is 2.70. The molecule has 1 rings (SSSR count). The van der Waals surface area contributed by atoms with Crippen molar-refractivity contribution in [1.82, 2.24) is 0 Å². The lowest BCUT2D eigenvalue weighted by molar-refractivity contribution is -0.145. The minimum atomic E-state index is -1.21. The van der Waals surface area contributed by atoms with Crippen molar-refractivity contribution in [3.8, 4) is 0 Å². The molecule has 0 amide bonds. The first-order valence-electron chi connectivity index (χ1n) is 5.26. The van der Waals surface area contributed by atoms with Gasteiger partial charge in [0.2, 0.25) is 0 Å². The summed E-state index contributed by atoms with van der Waals surface area (Å²) in [5.74, 6) is -2.88. The van der Waals surface area contributed by atoms with Crippen LogP contribution in [-0.4, -0.2) is 28.6 Å². The molecule has 0 radical (unpaired) electrons. The van der Waals surface area contributed by atoms with Gasteiger partial charge in [-0.2, -0.15) is 0 Å². The standard InChI is InChI=1S/C13H14O4/c14-9-8-11(13(16)17)12(15)7-6-10-4-2-1-3-5-10/h1-7,11,14H,8-9H2,(H,16,17)/b7-6+. The molecule has 17 heavy (non-hydrogen) atoms. The lowest BCUT2D eigenvalue weighted by Crippen LogP contribution is -2.23. The third-order valence-corrected chi connectivity index (χ3v) is 2.30. The topological polar surface area (TPSA) is 74.6 Å². The van der Waals surface area contributed by atoms with Crippen molar-refractivity contribution < 1.29 is 19.8 Å². The number of hydrogen-bond donors (Lipinski definition) is 2. The van der Waals surface area contributed by atoms with Gasteiger partial charge in [-0.1, -0.05) is 36.4 Å². The van der Waals surface area contributed by atoms with Gasteiger partial charge >= 0.3 is 5.97 Å². The van der Waals surface area contributed by atoms with Crippen LogP contribution in [0.3, 0.4) is 0 Å². The molecule has 2 N–H and O–H groups in total. The van der Waals surface area contributed by atoms with Gasteiger partial charge in [0, 0.05) is 6.61 Å². The molecule has 1 unspecified atom stereocenters. The van der Waals surface area contributed by atoms with E-state index in [1.165, 1.54) is 6.08 Å². The molecule has 0 bridgehead atoms. The number of carboxylic acid groups (broad SMARTS) is 1. The number of carbonyl (C=O) groups is 2. The number of aliphatic hydroxyl groups is 1. The molecule has 90 valence electrons. The van der Waals surface area contributed by atoms with Crippen LogP contribution in [0.2, 0.25) is 0 Å². The molecule has 0 saturated heterocycles. The quantitative estimate of drug-likeness (QED) is 0.575. The van der Waals surface area contributed by atoms with E-state index in [1.54, 1.807) is 6.08 Å². The van der Waals surface area contributed by atoms with E-state index in [0.29, 0.717) is 0 Å². The molecule has 0 saturated carbocycles. The lowest BCUT2D eigenvalue weighted by atomic mass is 10.00. The number of carboxylic acids is 1. The van der Waals surface area contributed by atoms with Crippen LogP contribution in [0.15, 0.2) is 36.4 Å². The summed E-state index contributed by atoms with van der Waals surface area (Å²) in [6.07, 6.45) is 2.74. The van der Waals surface area contributed by atoms with Crippen LogP contribution in [0.1, 0.15) is 12.0 Å². The molecular formula is C13H14O4. The van der Waals surface area contributed by atoms with Gasteiger partial charge in [0.15, 0.2) is 5.78 Å². The fourth-order valence-corrected chi connectivity index (χ4v) is 1.38. The summed E-state index contributed by atoms with van der Waals surface area (Å²) in [6.45, 7) is -0.318. The highest BCUT2D eigenvalue weighted by Crippen LogP contribution is 2.08. The molecule has 0 aliphatic carbocycles. The zero-order chi connectivity index (χ0) is 12.7. The van der Waals surface area contributed by atoms with Crippen molar-refractivity contribution in [3.63, 3.8) is 0 Å². The highest BCUT2D eigenvalue weighted by atomic mass is 16.4. The largest absolute Gasteiger partial charge is 0.481 e. The predicted octanol–water partition coefficient (Wildman–Crippen LogP) is 1.35. The number of aliphatic carboxylic acids is 1. The monoisotopic (exact) mass is 234 g/mol. The van der Waals surface area contributed by atoms with Gasteiger partial charge in [-0.25, -0.2) is 0 Å². The SMILES string of the molecule is O=C(O)C(CCO)C(=O)/C=C/c1ccccc1. The number of rotatable bonds is 6. The zero-order valence-corrected chi connectivity index (χ0v) is 9.24. The van der Waals surface area contributed by atoms with E-state index in [0.717, 1.165) is 5.56 Å². The number of carbonyl (C=O) groups excluding carboxylic acids is 1. The molecule has 0 aliphatic rings. The van der Waals surface area contributed by atoms with Crippen molar-refractivity contribution in [2.45, 2.75) is 6.42 Å². The number of ketones is 1. The molecule has 0 aromatic heterocycles. The maximum atomic E-state index is 11.6. The second-order valence-corrected chi connectivity index (χ2v) is 3.55. The summed E-state index contributed by atoms with van der Waals surface area (Å²) in [5.41, 5.74) is 0.828. The Morgan fingerprint density at radius 2 is 1.88 bits per heavy atom. The summed E-state index contributed by atoms with van der Waals surface area (Å²) >= 11 is 0. The minimum Gasteiger partial charge on any atom is -0.481 e. The van der Waals surface area contributed by atoms with Crippen LogP contribution in [0.4, 0.5) is 0 Å². The smallest absolute Gasteiger partial charge is 0.314 e. The Morgan fingerprint density at radius 1 is 1.24 bits per heavy atom. The Kier molecular flexibility index (Phi) is 5.10. The summed E-state index contributed by atoms with van der Waals surface area (Å²) in [6, 6.07) is 9.13. The lowest BCUT2D eigenvalue weighted by Gasteiger charge is -2.05. The highest BCUT2D eigenvalue weighted by Gasteiger charge is 2.23. The molecule has 4 heteroatoms. The van der Waals surface area contributed by atoms with E-state index in [2.05, 4.69) is 0 Å². The van der Waals surface area contributed by atoms with Crippen LogP contribution in [0, 0.1) is 5.92 Å². The maximum Gasteiger partial charge on any atom is 0.314 e. The van der Waals surface area contributed by atoms with Gasteiger partial charge in [0.05, 0.1) is 0 Å². The zero-order valence-electron chi connectivity index (χ0n) is 9.24. The Hall–Kier alpha value is -1.94. The van der Waals surface area contributed by atoms with E-state index in [1.807, 2.05) is 30.3 Å². The number of benzene rings is 1. The van der Waals surface area contributed by atoms with Crippen molar-refractivity contribution in [2.75, 3.05) is 6.61 Å². The van der Waals surface area contributed by atoms with Crippen molar-refractivity contribution in [3.05, 3.63) is 42.0 Å². The molecular weight excluding hydrogens is 220 g/mol. The third-order valence-electron chi connectivity index (χ3n) is 2.30. The summed E-state index contributed by atoms with van der Waals surface area (Å²) in [7, 11) is 0. The Morgan fingerprint density at radius 3 is 2.41 bits per heavy atom. The molecule has 1 aromatic carbocycles. The Labute approximate surface area is 99.2 Å². The van der Waals surface area contributed by atoms with E-state index >= 15 is 0 Å². The van der Waals surface area contributed by atoms with Crippen LogP contribution < -0.4 is 0 Å². The van der Waals surface area contributed by atoms with Crippen molar-refractivity contribution >= 4 is 17.8 Å². The number of hydrogen-bond acceptors (Lipinski definition) is 3. The molecule has 0 aliphatic heterocycles. The summed E-state index contributed by atoms with van der Waals surface area (Å²) in [4.78, 5) is 22.3. The fourth-order valence-electron chi connectivity index (χ4n) is 1.38. The van der Waals surface area contributed by atoms with Gasteiger partial charge in [-0.15, -0.1) is 0 Å². The van der Waals surface area contributed by atoms with Gasteiger partial charge in [0.1, 0.15) is 5.92 Å². The minimum absolute atomic E-state index is 0.0622. The van der Waals surface area contributed by atoms with Crippen LogP contribution in [-0.2, 0) is 9.59 Å². The van der Waals surface area contributed by atoms with E-state index in [4.69, 9.17) is 10.2 Å². The second kappa shape index (κ2) is 6.60. The van der Waals surface area contributed by atoms with E-state index < -0.39 is 17.7 Å². The fraction of sp³-hybridized carbons (Fsp3) is 0.231. The van der Waals surface area contributed by atoms with Gasteiger partial charge < -0.3 is 10.2 Å². The normalized spacial score (nSPS) is 12.5. The average molecular weight is 234 g/mol. The summed E-state index contributed by atoms with van der Waals surface area (Å²) < 4.78 is 0. The van der Waals surface area contributed by atoms with Gasteiger partial charge in [0.25, 0.3) is 0 Å². The highest BCUT2D eigenvalue weighted by molar-refractivity contribution is 6.06. The first kappa shape index (κ1) is 13.1. The number of allylic oxidation sites excluding steroid dienone is 1. The van der Waals surface area contributed by atoms with Crippen molar-refractivity contribution in [2.24, 2.45) is 5.92 Å².